The highest BCUT2D eigenvalue weighted by molar-refractivity contribution is 14.0. The van der Waals surface area contributed by atoms with Gasteiger partial charge in [0.15, 0.2) is 11.8 Å². The first-order valence-corrected chi connectivity index (χ1v) is 9.35. The number of anilines is 1. The van der Waals surface area contributed by atoms with Gasteiger partial charge in [-0.1, -0.05) is 17.7 Å². The Balaban J connectivity index is 0.00000261. The standard InChI is InChI=1S/C18H26ClN7.HI/c1-4-20-18(21-13-17-23-22-14(2)24(17)3)26-10-8-25(9-11-26)16-7-5-6-15(19)12-16;/h5-7,12H,4,8-11,13H2,1-3H3,(H,20,21);1H. The van der Waals surface area contributed by atoms with Crippen molar-refractivity contribution < 1.29 is 0 Å². The summed E-state index contributed by atoms with van der Waals surface area (Å²) in [5.74, 6) is 2.70. The Bertz CT molecular complexity index is 769. The number of nitrogens with one attached hydrogen (secondary N) is 1. The van der Waals surface area contributed by atoms with Gasteiger partial charge in [0, 0.05) is 50.5 Å². The van der Waals surface area contributed by atoms with Gasteiger partial charge in [0.05, 0.1) is 0 Å². The van der Waals surface area contributed by atoms with E-state index in [4.69, 9.17) is 16.6 Å². The number of halogens is 2. The monoisotopic (exact) mass is 503 g/mol. The van der Waals surface area contributed by atoms with Gasteiger partial charge in [-0.25, -0.2) is 4.99 Å². The topological polar surface area (TPSA) is 61.6 Å². The van der Waals surface area contributed by atoms with Crippen molar-refractivity contribution in [3.63, 3.8) is 0 Å². The van der Waals surface area contributed by atoms with Crippen LogP contribution in [0.15, 0.2) is 29.3 Å². The van der Waals surface area contributed by atoms with Gasteiger partial charge in [0.2, 0.25) is 0 Å². The number of guanidine groups is 1. The third-order valence-electron chi connectivity index (χ3n) is 4.64. The van der Waals surface area contributed by atoms with Gasteiger partial charge >= 0.3 is 0 Å². The molecule has 0 saturated carbocycles. The molecule has 0 atom stereocenters. The van der Waals surface area contributed by atoms with Crippen LogP contribution in [0.25, 0.3) is 0 Å². The molecule has 7 nitrogen and oxygen atoms in total. The van der Waals surface area contributed by atoms with Crippen molar-refractivity contribution >= 4 is 47.2 Å². The Morgan fingerprint density at radius 2 is 1.96 bits per heavy atom. The average molecular weight is 504 g/mol. The first-order chi connectivity index (χ1) is 12.6. The SMILES string of the molecule is CCNC(=NCc1nnc(C)n1C)N1CCN(c2cccc(Cl)c2)CC1.I. The van der Waals surface area contributed by atoms with Crippen molar-refractivity contribution in [1.29, 1.82) is 0 Å². The quantitative estimate of drug-likeness (QED) is 0.395. The molecule has 0 unspecified atom stereocenters. The van der Waals surface area contributed by atoms with Gasteiger partial charge in [-0.3, -0.25) is 0 Å². The normalized spacial score (nSPS) is 14.9. The Morgan fingerprint density at radius 3 is 2.56 bits per heavy atom. The number of aliphatic imine (C=N–C) groups is 1. The van der Waals surface area contributed by atoms with Crippen LogP contribution in [-0.2, 0) is 13.6 Å². The van der Waals surface area contributed by atoms with Crippen LogP contribution in [0.4, 0.5) is 5.69 Å². The highest BCUT2D eigenvalue weighted by Crippen LogP contribution is 2.20. The third-order valence-corrected chi connectivity index (χ3v) is 4.88. The average Bonchev–Trinajstić information content (AvgIpc) is 2.97. The van der Waals surface area contributed by atoms with Crippen LogP contribution in [0.3, 0.4) is 0 Å². The molecule has 0 aliphatic carbocycles. The van der Waals surface area contributed by atoms with Crippen LogP contribution in [0, 0.1) is 6.92 Å². The molecule has 1 saturated heterocycles. The number of rotatable bonds is 4. The fourth-order valence-electron chi connectivity index (χ4n) is 3.01. The van der Waals surface area contributed by atoms with Gasteiger partial charge in [0.25, 0.3) is 0 Å². The molecule has 1 aromatic heterocycles. The number of hydrogen-bond acceptors (Lipinski definition) is 4. The van der Waals surface area contributed by atoms with Crippen molar-refractivity contribution in [3.05, 3.63) is 40.9 Å². The van der Waals surface area contributed by atoms with Crippen LogP contribution in [0.2, 0.25) is 5.02 Å². The summed E-state index contributed by atoms with van der Waals surface area (Å²) < 4.78 is 1.98. The van der Waals surface area contributed by atoms with E-state index >= 15 is 0 Å². The van der Waals surface area contributed by atoms with Gasteiger partial charge in [0.1, 0.15) is 12.4 Å². The van der Waals surface area contributed by atoms with E-state index in [9.17, 15) is 0 Å². The van der Waals surface area contributed by atoms with Crippen molar-refractivity contribution in [2.45, 2.75) is 20.4 Å². The van der Waals surface area contributed by atoms with Gasteiger partial charge in [-0.05, 0) is 32.0 Å². The van der Waals surface area contributed by atoms with Gasteiger partial charge in [-0.15, -0.1) is 34.2 Å². The molecule has 9 heteroatoms. The first kappa shape index (κ1) is 21.7. The minimum Gasteiger partial charge on any atom is -0.368 e. The minimum atomic E-state index is 0. The molecule has 2 aromatic rings. The van der Waals surface area contributed by atoms with Crippen LogP contribution >= 0.6 is 35.6 Å². The molecule has 27 heavy (non-hydrogen) atoms. The summed E-state index contributed by atoms with van der Waals surface area (Å²) in [6.45, 7) is 9.10. The molecule has 0 amide bonds. The fraction of sp³-hybridized carbons (Fsp3) is 0.500. The second kappa shape index (κ2) is 10.1. The van der Waals surface area contributed by atoms with E-state index in [0.29, 0.717) is 6.54 Å². The summed E-state index contributed by atoms with van der Waals surface area (Å²) in [6.07, 6.45) is 0. The Labute approximate surface area is 182 Å². The maximum atomic E-state index is 6.12. The second-order valence-electron chi connectivity index (χ2n) is 6.35. The van der Waals surface area contributed by atoms with Crippen molar-refractivity contribution in [1.82, 2.24) is 25.0 Å². The molecule has 1 aliphatic rings. The molecular weight excluding hydrogens is 477 g/mol. The smallest absolute Gasteiger partial charge is 0.194 e. The fourth-order valence-corrected chi connectivity index (χ4v) is 3.19. The van der Waals surface area contributed by atoms with Crippen LogP contribution < -0.4 is 10.2 Å². The molecule has 0 spiro atoms. The Morgan fingerprint density at radius 1 is 1.22 bits per heavy atom. The Kier molecular flexibility index (Phi) is 8.15. The molecule has 148 valence electrons. The van der Waals surface area contributed by atoms with E-state index in [1.165, 1.54) is 5.69 Å². The maximum Gasteiger partial charge on any atom is 0.194 e. The zero-order valence-corrected chi connectivity index (χ0v) is 19.1. The van der Waals surface area contributed by atoms with Crippen molar-refractivity contribution in [2.24, 2.45) is 12.0 Å². The molecule has 3 rings (SSSR count). The predicted octanol–water partition coefficient (Wildman–Crippen LogP) is 2.68. The number of piperazine rings is 1. The molecule has 2 heterocycles. The molecule has 1 aliphatic heterocycles. The highest BCUT2D eigenvalue weighted by Gasteiger charge is 2.20. The Hall–Kier alpha value is -1.55. The third kappa shape index (κ3) is 5.47. The van der Waals surface area contributed by atoms with Crippen molar-refractivity contribution in [3.8, 4) is 0 Å². The van der Waals surface area contributed by atoms with E-state index in [-0.39, 0.29) is 24.0 Å². The van der Waals surface area contributed by atoms with Crippen LogP contribution in [0.5, 0.6) is 0 Å². The van der Waals surface area contributed by atoms with E-state index in [2.05, 4.69) is 38.3 Å². The summed E-state index contributed by atoms with van der Waals surface area (Å²) in [4.78, 5) is 9.42. The van der Waals surface area contributed by atoms with E-state index in [1.54, 1.807) is 0 Å². The number of hydrogen-bond donors (Lipinski definition) is 1. The highest BCUT2D eigenvalue weighted by atomic mass is 127. The van der Waals surface area contributed by atoms with E-state index in [1.807, 2.05) is 36.7 Å². The summed E-state index contributed by atoms with van der Waals surface area (Å²) >= 11 is 6.12. The summed E-state index contributed by atoms with van der Waals surface area (Å²) in [5.41, 5.74) is 1.17. The maximum absolute atomic E-state index is 6.12. The minimum absolute atomic E-state index is 0. The largest absolute Gasteiger partial charge is 0.368 e. The van der Waals surface area contributed by atoms with Crippen molar-refractivity contribution in [2.75, 3.05) is 37.6 Å². The number of benzene rings is 1. The molecule has 1 N–H and O–H groups in total. The first-order valence-electron chi connectivity index (χ1n) is 8.97. The molecule has 0 radical (unpaired) electrons. The van der Waals surface area contributed by atoms with Crippen LogP contribution in [-0.4, -0.2) is 58.3 Å². The molecule has 0 bridgehead atoms. The number of nitrogens with zero attached hydrogens (tertiary/aromatic N) is 6. The lowest BCUT2D eigenvalue weighted by molar-refractivity contribution is 0.372. The lowest BCUT2D eigenvalue weighted by Gasteiger charge is -2.37. The lowest BCUT2D eigenvalue weighted by atomic mass is 10.2. The summed E-state index contributed by atoms with van der Waals surface area (Å²) in [7, 11) is 1.97. The summed E-state index contributed by atoms with van der Waals surface area (Å²) in [5, 5.41) is 12.5. The second-order valence-corrected chi connectivity index (χ2v) is 6.78. The van der Waals surface area contributed by atoms with Gasteiger partial charge < -0.3 is 19.7 Å². The van der Waals surface area contributed by atoms with E-state index in [0.717, 1.165) is 55.4 Å². The zero-order chi connectivity index (χ0) is 18.5. The molecular formula is C18H27ClIN7. The predicted molar refractivity (Wildman–Crippen MR) is 121 cm³/mol. The molecule has 1 fully saturated rings. The molecule has 1 aromatic carbocycles. The lowest BCUT2D eigenvalue weighted by Crippen LogP contribution is -2.52. The van der Waals surface area contributed by atoms with Crippen LogP contribution in [0.1, 0.15) is 18.6 Å². The number of aryl methyl sites for hydroxylation is 1. The summed E-state index contributed by atoms with van der Waals surface area (Å²) in [6, 6.07) is 8.04. The zero-order valence-electron chi connectivity index (χ0n) is 16.0. The number of aromatic nitrogens is 3. The van der Waals surface area contributed by atoms with Gasteiger partial charge in [-0.2, -0.15) is 0 Å². The van der Waals surface area contributed by atoms with E-state index < -0.39 is 0 Å².